The maximum atomic E-state index is 12.9. The Labute approximate surface area is 216 Å². The number of anilines is 2. The van der Waals surface area contributed by atoms with Gasteiger partial charge in [0.1, 0.15) is 5.82 Å². The summed E-state index contributed by atoms with van der Waals surface area (Å²) in [5, 5.41) is 12.4. The Morgan fingerprint density at radius 3 is 2.22 bits per heavy atom. The van der Waals surface area contributed by atoms with Gasteiger partial charge < -0.3 is 19.9 Å². The van der Waals surface area contributed by atoms with Crippen LogP contribution in [0.4, 0.5) is 11.4 Å². The SMILES string of the molecule is CCN(CC)c1ccc(NC(=O)c2ccc(-c3nc4cc(C(=O)O)ccc4n3C3CCCC3)cc2)cc1. The molecule has 1 aliphatic rings. The maximum Gasteiger partial charge on any atom is 0.335 e. The van der Waals surface area contributed by atoms with E-state index in [1.807, 2.05) is 54.6 Å². The molecule has 1 aromatic heterocycles. The number of hydrogen-bond acceptors (Lipinski definition) is 4. The van der Waals surface area contributed by atoms with Crippen molar-refractivity contribution >= 4 is 34.3 Å². The van der Waals surface area contributed by atoms with Gasteiger partial charge >= 0.3 is 5.97 Å². The molecular formula is C30H32N4O3. The Morgan fingerprint density at radius 2 is 1.59 bits per heavy atom. The van der Waals surface area contributed by atoms with Gasteiger partial charge in [0.05, 0.1) is 16.6 Å². The Hall–Kier alpha value is -4.13. The molecule has 1 fully saturated rings. The monoisotopic (exact) mass is 496 g/mol. The number of aromatic nitrogens is 2. The average molecular weight is 497 g/mol. The molecule has 1 aliphatic carbocycles. The van der Waals surface area contributed by atoms with E-state index in [9.17, 15) is 14.7 Å². The molecule has 1 amide bonds. The topological polar surface area (TPSA) is 87.5 Å². The first kappa shape index (κ1) is 24.6. The third-order valence-corrected chi connectivity index (χ3v) is 7.29. The Morgan fingerprint density at radius 1 is 0.946 bits per heavy atom. The summed E-state index contributed by atoms with van der Waals surface area (Å²) in [5.74, 6) is -0.321. The highest BCUT2D eigenvalue weighted by Crippen LogP contribution is 2.37. The van der Waals surface area contributed by atoms with Gasteiger partial charge in [0, 0.05) is 41.6 Å². The van der Waals surface area contributed by atoms with Crippen molar-refractivity contribution in [3.05, 3.63) is 77.9 Å². The largest absolute Gasteiger partial charge is 0.478 e. The van der Waals surface area contributed by atoms with Crippen LogP contribution in [-0.2, 0) is 0 Å². The molecule has 1 saturated carbocycles. The van der Waals surface area contributed by atoms with Crippen LogP contribution in [0.3, 0.4) is 0 Å². The van der Waals surface area contributed by atoms with Gasteiger partial charge in [0.15, 0.2) is 0 Å². The lowest BCUT2D eigenvalue weighted by Crippen LogP contribution is -2.21. The zero-order chi connectivity index (χ0) is 25.9. The molecule has 0 unspecified atom stereocenters. The Bertz CT molecular complexity index is 1410. The van der Waals surface area contributed by atoms with Crippen LogP contribution in [0.1, 0.15) is 66.3 Å². The average Bonchev–Trinajstić information content (AvgIpc) is 3.58. The van der Waals surface area contributed by atoms with E-state index in [4.69, 9.17) is 4.98 Å². The molecule has 37 heavy (non-hydrogen) atoms. The molecule has 4 aromatic rings. The number of carboxylic acids is 1. The standard InChI is InChI=1S/C30H32N4O3/c1-3-33(4-2)24-16-14-23(15-17-24)31-29(35)21-11-9-20(10-12-21)28-32-26-19-22(30(36)37)13-18-27(26)34(28)25-7-5-6-8-25/h9-19,25H,3-8H2,1-2H3,(H,31,35)(H,36,37). The van der Waals surface area contributed by atoms with Crippen molar-refractivity contribution in [2.24, 2.45) is 0 Å². The molecule has 7 heteroatoms. The molecule has 7 nitrogen and oxygen atoms in total. The van der Waals surface area contributed by atoms with E-state index in [-0.39, 0.29) is 11.5 Å². The lowest BCUT2D eigenvalue weighted by atomic mass is 10.1. The molecule has 0 saturated heterocycles. The predicted octanol–water partition coefficient (Wildman–Crippen LogP) is 6.62. The van der Waals surface area contributed by atoms with Gasteiger partial charge in [-0.1, -0.05) is 25.0 Å². The first-order chi connectivity index (χ1) is 18.0. The number of carbonyl (C=O) groups is 2. The summed E-state index contributed by atoms with van der Waals surface area (Å²) >= 11 is 0. The Kier molecular flexibility index (Phi) is 6.95. The minimum atomic E-state index is -0.961. The van der Waals surface area contributed by atoms with E-state index < -0.39 is 5.97 Å². The number of fused-ring (bicyclic) bond motifs is 1. The molecule has 3 aromatic carbocycles. The fourth-order valence-electron chi connectivity index (χ4n) is 5.29. The fraction of sp³-hybridized carbons (Fsp3) is 0.300. The van der Waals surface area contributed by atoms with Crippen LogP contribution in [0.5, 0.6) is 0 Å². The normalized spacial score (nSPS) is 13.7. The van der Waals surface area contributed by atoms with Crippen molar-refractivity contribution in [3.63, 3.8) is 0 Å². The number of aromatic carboxylic acids is 1. The van der Waals surface area contributed by atoms with Crippen LogP contribution >= 0.6 is 0 Å². The Balaban J connectivity index is 1.40. The van der Waals surface area contributed by atoms with Crippen LogP contribution in [0.15, 0.2) is 66.7 Å². The highest BCUT2D eigenvalue weighted by molar-refractivity contribution is 6.04. The van der Waals surface area contributed by atoms with E-state index >= 15 is 0 Å². The van der Waals surface area contributed by atoms with Crippen molar-refractivity contribution in [2.45, 2.75) is 45.6 Å². The number of benzene rings is 3. The lowest BCUT2D eigenvalue weighted by Gasteiger charge is -2.21. The second-order valence-electron chi connectivity index (χ2n) is 9.50. The number of rotatable bonds is 8. The smallest absolute Gasteiger partial charge is 0.335 e. The van der Waals surface area contributed by atoms with Gasteiger partial charge in [0.2, 0.25) is 0 Å². The first-order valence-corrected chi connectivity index (χ1v) is 13.0. The summed E-state index contributed by atoms with van der Waals surface area (Å²) in [5.41, 5.74) is 5.20. The van der Waals surface area contributed by atoms with E-state index in [2.05, 4.69) is 28.6 Å². The zero-order valence-electron chi connectivity index (χ0n) is 21.3. The van der Waals surface area contributed by atoms with Crippen molar-refractivity contribution < 1.29 is 14.7 Å². The van der Waals surface area contributed by atoms with E-state index in [0.29, 0.717) is 17.1 Å². The molecule has 0 atom stereocenters. The van der Waals surface area contributed by atoms with Crippen LogP contribution in [-0.4, -0.2) is 39.6 Å². The van der Waals surface area contributed by atoms with Gasteiger partial charge in [-0.25, -0.2) is 9.78 Å². The molecule has 0 radical (unpaired) electrons. The van der Waals surface area contributed by atoms with E-state index in [0.717, 1.165) is 54.2 Å². The third-order valence-electron chi connectivity index (χ3n) is 7.29. The van der Waals surface area contributed by atoms with Gasteiger partial charge in [0.25, 0.3) is 5.91 Å². The fourth-order valence-corrected chi connectivity index (χ4v) is 5.29. The van der Waals surface area contributed by atoms with Crippen molar-refractivity contribution in [1.29, 1.82) is 0 Å². The highest BCUT2D eigenvalue weighted by Gasteiger charge is 2.24. The van der Waals surface area contributed by atoms with E-state index in [1.165, 1.54) is 12.8 Å². The van der Waals surface area contributed by atoms with Gasteiger partial charge in [-0.3, -0.25) is 4.79 Å². The van der Waals surface area contributed by atoms with Gasteiger partial charge in [-0.2, -0.15) is 0 Å². The van der Waals surface area contributed by atoms with Crippen LogP contribution in [0.25, 0.3) is 22.4 Å². The number of imidazole rings is 1. The number of nitrogens with one attached hydrogen (secondary N) is 1. The quantitative estimate of drug-likeness (QED) is 0.286. The number of carboxylic acid groups (broad SMARTS) is 1. The van der Waals surface area contributed by atoms with Gasteiger partial charge in [-0.05, 0) is 81.3 Å². The van der Waals surface area contributed by atoms with Gasteiger partial charge in [-0.15, -0.1) is 0 Å². The molecular weight excluding hydrogens is 464 g/mol. The predicted molar refractivity (Wildman–Crippen MR) is 148 cm³/mol. The molecule has 5 rings (SSSR count). The summed E-state index contributed by atoms with van der Waals surface area (Å²) in [6, 6.07) is 20.8. The van der Waals surface area contributed by atoms with Crippen molar-refractivity contribution in [2.75, 3.05) is 23.3 Å². The van der Waals surface area contributed by atoms with Crippen LogP contribution < -0.4 is 10.2 Å². The second kappa shape index (κ2) is 10.5. The molecule has 0 aliphatic heterocycles. The highest BCUT2D eigenvalue weighted by atomic mass is 16.4. The summed E-state index contributed by atoms with van der Waals surface area (Å²) < 4.78 is 2.25. The van der Waals surface area contributed by atoms with Crippen LogP contribution in [0, 0.1) is 0 Å². The maximum absolute atomic E-state index is 12.9. The zero-order valence-corrected chi connectivity index (χ0v) is 21.3. The molecule has 190 valence electrons. The third kappa shape index (κ3) is 4.94. The van der Waals surface area contributed by atoms with Crippen molar-refractivity contribution in [1.82, 2.24) is 9.55 Å². The number of nitrogens with zero attached hydrogens (tertiary/aromatic N) is 3. The molecule has 1 heterocycles. The molecule has 0 bridgehead atoms. The first-order valence-electron chi connectivity index (χ1n) is 13.0. The number of hydrogen-bond donors (Lipinski definition) is 2. The van der Waals surface area contributed by atoms with Crippen LogP contribution in [0.2, 0.25) is 0 Å². The summed E-state index contributed by atoms with van der Waals surface area (Å²) in [6.45, 7) is 6.12. The lowest BCUT2D eigenvalue weighted by molar-refractivity contribution is 0.0696. The molecule has 0 spiro atoms. The number of carbonyl (C=O) groups excluding carboxylic acids is 1. The van der Waals surface area contributed by atoms with E-state index in [1.54, 1.807) is 12.1 Å². The van der Waals surface area contributed by atoms with Crippen molar-refractivity contribution in [3.8, 4) is 11.4 Å². The summed E-state index contributed by atoms with van der Waals surface area (Å²) in [7, 11) is 0. The molecule has 2 N–H and O–H groups in total. The summed E-state index contributed by atoms with van der Waals surface area (Å²) in [6.07, 6.45) is 4.50. The minimum absolute atomic E-state index is 0.169. The summed E-state index contributed by atoms with van der Waals surface area (Å²) in [4.78, 5) is 31.5. The second-order valence-corrected chi connectivity index (χ2v) is 9.50. The minimum Gasteiger partial charge on any atom is -0.478 e. The number of amides is 1.